The van der Waals surface area contributed by atoms with Crippen LogP contribution >= 0.6 is 0 Å². The van der Waals surface area contributed by atoms with Crippen LogP contribution in [0.25, 0.3) is 0 Å². The highest BCUT2D eigenvalue weighted by atomic mass is 19.4. The van der Waals surface area contributed by atoms with Gasteiger partial charge in [-0.3, -0.25) is 4.90 Å². The summed E-state index contributed by atoms with van der Waals surface area (Å²) in [5, 5.41) is 12.4. The first-order chi connectivity index (χ1) is 8.47. The van der Waals surface area contributed by atoms with Crippen LogP contribution in [0.4, 0.5) is 13.2 Å². The SMILES string of the molecule is OC(CN(CC1CCNCC1)C1CC1)C(F)(F)F. The molecule has 1 aliphatic carbocycles. The molecule has 0 aromatic rings. The van der Waals surface area contributed by atoms with Crippen molar-refractivity contribution in [1.29, 1.82) is 0 Å². The average molecular weight is 266 g/mol. The van der Waals surface area contributed by atoms with Gasteiger partial charge in [0.2, 0.25) is 0 Å². The summed E-state index contributed by atoms with van der Waals surface area (Å²) in [6.07, 6.45) is -2.73. The Kier molecular flexibility index (Phi) is 4.50. The molecule has 6 heteroatoms. The molecule has 0 spiro atoms. The second kappa shape index (κ2) is 5.75. The van der Waals surface area contributed by atoms with E-state index in [9.17, 15) is 18.3 Å². The Bertz CT molecular complexity index is 263. The number of hydrogen-bond acceptors (Lipinski definition) is 3. The van der Waals surface area contributed by atoms with E-state index in [1.165, 1.54) is 0 Å². The van der Waals surface area contributed by atoms with Crippen LogP contribution in [0.2, 0.25) is 0 Å². The fourth-order valence-corrected chi connectivity index (χ4v) is 2.53. The Labute approximate surface area is 105 Å². The lowest BCUT2D eigenvalue weighted by atomic mass is 9.97. The minimum Gasteiger partial charge on any atom is -0.382 e. The molecule has 0 radical (unpaired) electrons. The lowest BCUT2D eigenvalue weighted by Crippen LogP contribution is -2.45. The molecule has 1 atom stereocenters. The van der Waals surface area contributed by atoms with Crippen LogP contribution in [0, 0.1) is 5.92 Å². The van der Waals surface area contributed by atoms with Gasteiger partial charge in [0, 0.05) is 19.1 Å². The van der Waals surface area contributed by atoms with Gasteiger partial charge in [0.15, 0.2) is 6.10 Å². The minimum absolute atomic E-state index is 0.261. The molecule has 1 unspecified atom stereocenters. The van der Waals surface area contributed by atoms with Crippen molar-refractivity contribution in [3.05, 3.63) is 0 Å². The van der Waals surface area contributed by atoms with Crippen LogP contribution < -0.4 is 5.32 Å². The molecule has 0 bridgehead atoms. The van der Waals surface area contributed by atoms with Crippen molar-refractivity contribution in [3.8, 4) is 0 Å². The zero-order chi connectivity index (χ0) is 13.2. The quantitative estimate of drug-likeness (QED) is 0.789. The maximum Gasteiger partial charge on any atom is 0.415 e. The summed E-state index contributed by atoms with van der Waals surface area (Å²) < 4.78 is 37.2. The summed E-state index contributed by atoms with van der Waals surface area (Å²) in [4.78, 5) is 1.84. The molecule has 1 heterocycles. The molecule has 1 saturated carbocycles. The molecule has 3 nitrogen and oxygen atoms in total. The first kappa shape index (κ1) is 14.1. The maximum atomic E-state index is 12.4. The van der Waals surface area contributed by atoms with E-state index in [4.69, 9.17) is 0 Å². The van der Waals surface area contributed by atoms with Gasteiger partial charge in [-0.25, -0.2) is 0 Å². The zero-order valence-electron chi connectivity index (χ0n) is 10.4. The van der Waals surface area contributed by atoms with E-state index in [2.05, 4.69) is 5.32 Å². The number of halogens is 3. The largest absolute Gasteiger partial charge is 0.415 e. The van der Waals surface area contributed by atoms with E-state index >= 15 is 0 Å². The monoisotopic (exact) mass is 266 g/mol. The first-order valence-corrected chi connectivity index (χ1v) is 6.66. The molecule has 0 aromatic heterocycles. The highest BCUT2D eigenvalue weighted by molar-refractivity contribution is 4.88. The molecule has 2 N–H and O–H groups in total. The van der Waals surface area contributed by atoms with E-state index in [-0.39, 0.29) is 12.6 Å². The number of nitrogens with one attached hydrogen (secondary N) is 1. The van der Waals surface area contributed by atoms with Crippen LogP contribution in [0.15, 0.2) is 0 Å². The lowest BCUT2D eigenvalue weighted by Gasteiger charge is -2.31. The molecule has 2 fully saturated rings. The topological polar surface area (TPSA) is 35.5 Å². The fraction of sp³-hybridized carbons (Fsp3) is 1.00. The Morgan fingerprint density at radius 2 is 1.78 bits per heavy atom. The van der Waals surface area contributed by atoms with E-state index < -0.39 is 12.3 Å². The van der Waals surface area contributed by atoms with Gasteiger partial charge in [0.05, 0.1) is 0 Å². The Morgan fingerprint density at radius 3 is 2.28 bits per heavy atom. The lowest BCUT2D eigenvalue weighted by molar-refractivity contribution is -0.208. The van der Waals surface area contributed by atoms with E-state index in [1.54, 1.807) is 0 Å². The van der Waals surface area contributed by atoms with E-state index in [0.717, 1.165) is 38.8 Å². The maximum absolute atomic E-state index is 12.4. The zero-order valence-corrected chi connectivity index (χ0v) is 10.4. The number of hydrogen-bond donors (Lipinski definition) is 2. The highest BCUT2D eigenvalue weighted by Gasteiger charge is 2.42. The Balaban J connectivity index is 1.83. The second-order valence-corrected chi connectivity index (χ2v) is 5.44. The Hall–Kier alpha value is -0.330. The molecular weight excluding hydrogens is 245 g/mol. The van der Waals surface area contributed by atoms with E-state index in [0.29, 0.717) is 12.5 Å². The molecule has 18 heavy (non-hydrogen) atoms. The van der Waals surface area contributed by atoms with Crippen molar-refractivity contribution < 1.29 is 18.3 Å². The van der Waals surface area contributed by atoms with Crippen molar-refractivity contribution in [2.24, 2.45) is 5.92 Å². The standard InChI is InChI=1S/C12H21F3N2O/c13-12(14,15)11(18)8-17(10-1-2-10)7-9-3-5-16-6-4-9/h9-11,16,18H,1-8H2. The van der Waals surface area contributed by atoms with Crippen LogP contribution in [-0.2, 0) is 0 Å². The summed E-state index contributed by atoms with van der Waals surface area (Å²) in [6, 6.07) is 0.261. The fourth-order valence-electron chi connectivity index (χ4n) is 2.53. The van der Waals surface area contributed by atoms with Crippen LogP contribution in [0.3, 0.4) is 0 Å². The van der Waals surface area contributed by atoms with Crippen molar-refractivity contribution in [2.45, 2.75) is 44.0 Å². The normalized spacial score (nSPS) is 24.5. The summed E-state index contributed by atoms with van der Waals surface area (Å²) in [7, 11) is 0. The summed E-state index contributed by atoms with van der Waals surface area (Å²) in [5.41, 5.74) is 0. The molecule has 1 saturated heterocycles. The summed E-state index contributed by atoms with van der Waals surface area (Å²) >= 11 is 0. The predicted octanol–water partition coefficient (Wildman–Crippen LogP) is 1.37. The molecule has 0 aromatic carbocycles. The number of piperidine rings is 1. The van der Waals surface area contributed by atoms with Crippen molar-refractivity contribution >= 4 is 0 Å². The predicted molar refractivity (Wildman–Crippen MR) is 62.3 cm³/mol. The molecule has 1 aliphatic heterocycles. The smallest absolute Gasteiger partial charge is 0.382 e. The van der Waals surface area contributed by atoms with Gasteiger partial charge in [-0.2, -0.15) is 13.2 Å². The van der Waals surface area contributed by atoms with Crippen LogP contribution in [-0.4, -0.2) is 54.5 Å². The van der Waals surface area contributed by atoms with Crippen LogP contribution in [0.5, 0.6) is 0 Å². The van der Waals surface area contributed by atoms with Gasteiger partial charge in [0.25, 0.3) is 0 Å². The molecule has 106 valence electrons. The number of aliphatic hydroxyl groups excluding tert-OH is 1. The second-order valence-electron chi connectivity index (χ2n) is 5.44. The third kappa shape index (κ3) is 4.10. The van der Waals surface area contributed by atoms with Crippen molar-refractivity contribution in [3.63, 3.8) is 0 Å². The third-order valence-electron chi connectivity index (χ3n) is 3.80. The summed E-state index contributed by atoms with van der Waals surface area (Å²) in [6.45, 7) is 2.33. The van der Waals surface area contributed by atoms with E-state index in [1.807, 2.05) is 4.90 Å². The number of nitrogens with zero attached hydrogens (tertiary/aromatic N) is 1. The molecule has 0 amide bonds. The Morgan fingerprint density at radius 1 is 1.17 bits per heavy atom. The van der Waals surface area contributed by atoms with Gasteiger partial charge < -0.3 is 10.4 Å². The van der Waals surface area contributed by atoms with Crippen molar-refractivity contribution in [1.82, 2.24) is 10.2 Å². The number of aliphatic hydroxyl groups is 1. The molecule has 2 rings (SSSR count). The van der Waals surface area contributed by atoms with Gasteiger partial charge in [0.1, 0.15) is 0 Å². The number of rotatable bonds is 5. The van der Waals surface area contributed by atoms with Crippen molar-refractivity contribution in [2.75, 3.05) is 26.2 Å². The van der Waals surface area contributed by atoms with Gasteiger partial charge in [-0.1, -0.05) is 0 Å². The molecule has 2 aliphatic rings. The highest BCUT2D eigenvalue weighted by Crippen LogP contribution is 2.31. The first-order valence-electron chi connectivity index (χ1n) is 6.66. The van der Waals surface area contributed by atoms with Crippen LogP contribution in [0.1, 0.15) is 25.7 Å². The van der Waals surface area contributed by atoms with Gasteiger partial charge >= 0.3 is 6.18 Å². The average Bonchev–Trinajstić information content (AvgIpc) is 3.12. The summed E-state index contributed by atoms with van der Waals surface area (Å²) in [5.74, 6) is 0.465. The van der Waals surface area contributed by atoms with Gasteiger partial charge in [-0.15, -0.1) is 0 Å². The minimum atomic E-state index is -4.50. The number of alkyl halides is 3. The third-order valence-corrected chi connectivity index (χ3v) is 3.80. The van der Waals surface area contributed by atoms with Gasteiger partial charge in [-0.05, 0) is 44.7 Å². The molecular formula is C12H21F3N2O.